The highest BCUT2D eigenvalue weighted by Crippen LogP contribution is 2.17. The second kappa shape index (κ2) is 9.97. The predicted molar refractivity (Wildman–Crippen MR) is 103 cm³/mol. The number of carbonyl (C=O) groups is 2. The lowest BCUT2D eigenvalue weighted by Gasteiger charge is -2.28. The van der Waals surface area contributed by atoms with Crippen LogP contribution >= 0.6 is 11.8 Å². The van der Waals surface area contributed by atoms with Gasteiger partial charge in [-0.05, 0) is 24.1 Å². The number of halogens is 1. The van der Waals surface area contributed by atoms with Crippen molar-refractivity contribution < 1.29 is 14.0 Å². The van der Waals surface area contributed by atoms with Crippen molar-refractivity contribution in [1.29, 1.82) is 0 Å². The molecule has 2 aromatic rings. The van der Waals surface area contributed by atoms with Gasteiger partial charge >= 0.3 is 0 Å². The van der Waals surface area contributed by atoms with Gasteiger partial charge in [-0.1, -0.05) is 48.5 Å². The maximum atomic E-state index is 13.7. The highest BCUT2D eigenvalue weighted by molar-refractivity contribution is 7.99. The van der Waals surface area contributed by atoms with Crippen molar-refractivity contribution in [2.24, 2.45) is 0 Å². The molecule has 4 nitrogen and oxygen atoms in total. The SMILES string of the molecule is CNC(=O)[C@H](C)N(Cc1ccccc1)C(=O)CSCc1ccccc1F. The molecule has 0 spiro atoms. The largest absolute Gasteiger partial charge is 0.357 e. The first-order valence-corrected chi connectivity index (χ1v) is 9.54. The van der Waals surface area contributed by atoms with E-state index in [9.17, 15) is 14.0 Å². The third-order valence-electron chi connectivity index (χ3n) is 4.05. The monoisotopic (exact) mass is 374 g/mol. The van der Waals surface area contributed by atoms with E-state index < -0.39 is 6.04 Å². The van der Waals surface area contributed by atoms with Crippen LogP contribution in [-0.4, -0.2) is 35.6 Å². The molecule has 0 bridgehead atoms. The van der Waals surface area contributed by atoms with Crippen molar-refractivity contribution in [3.8, 4) is 0 Å². The van der Waals surface area contributed by atoms with Gasteiger partial charge in [0, 0.05) is 19.3 Å². The van der Waals surface area contributed by atoms with Crippen molar-refractivity contribution in [1.82, 2.24) is 10.2 Å². The Bertz CT molecular complexity index is 740. The van der Waals surface area contributed by atoms with Crippen molar-refractivity contribution >= 4 is 23.6 Å². The number of likely N-dealkylation sites (N-methyl/N-ethyl adjacent to an activating group) is 1. The molecule has 2 aromatic carbocycles. The van der Waals surface area contributed by atoms with Gasteiger partial charge in [-0.25, -0.2) is 4.39 Å². The molecule has 0 aliphatic carbocycles. The molecule has 1 N–H and O–H groups in total. The van der Waals surface area contributed by atoms with Gasteiger partial charge in [0.2, 0.25) is 11.8 Å². The Hall–Kier alpha value is -2.34. The number of hydrogen-bond donors (Lipinski definition) is 1. The third-order valence-corrected chi connectivity index (χ3v) is 5.02. The Kier molecular flexibility index (Phi) is 7.66. The first-order chi connectivity index (χ1) is 12.5. The standard InChI is InChI=1S/C20H23FN2O2S/c1-15(20(25)22-2)23(12-16-8-4-3-5-9-16)19(24)14-26-13-17-10-6-7-11-18(17)21/h3-11,15H,12-14H2,1-2H3,(H,22,25)/t15-/m0/s1. The van der Waals surface area contributed by atoms with Crippen LogP contribution in [0, 0.1) is 5.82 Å². The summed E-state index contributed by atoms with van der Waals surface area (Å²) in [5.41, 5.74) is 1.52. The minimum Gasteiger partial charge on any atom is -0.357 e. The summed E-state index contributed by atoms with van der Waals surface area (Å²) in [6.07, 6.45) is 0. The smallest absolute Gasteiger partial charge is 0.242 e. The Morgan fingerprint density at radius 1 is 1.12 bits per heavy atom. The molecule has 138 valence electrons. The van der Waals surface area contributed by atoms with Gasteiger partial charge in [0.25, 0.3) is 0 Å². The highest BCUT2D eigenvalue weighted by atomic mass is 32.2. The Labute approximate surface area is 157 Å². The average Bonchev–Trinajstić information content (AvgIpc) is 2.67. The molecule has 0 aromatic heterocycles. The number of nitrogens with one attached hydrogen (secondary N) is 1. The predicted octanol–water partition coefficient (Wildman–Crippen LogP) is 3.22. The third kappa shape index (κ3) is 5.59. The molecule has 0 radical (unpaired) electrons. The Balaban J connectivity index is 2.02. The number of carbonyl (C=O) groups excluding carboxylic acids is 2. The van der Waals surface area contributed by atoms with E-state index in [2.05, 4.69) is 5.32 Å². The van der Waals surface area contributed by atoms with Crippen LogP contribution in [-0.2, 0) is 21.9 Å². The number of nitrogens with zero attached hydrogens (tertiary/aromatic N) is 1. The Morgan fingerprint density at radius 2 is 1.77 bits per heavy atom. The molecule has 0 saturated carbocycles. The van der Waals surface area contributed by atoms with Crippen LogP contribution in [0.25, 0.3) is 0 Å². The lowest BCUT2D eigenvalue weighted by Crippen LogP contribution is -2.47. The van der Waals surface area contributed by atoms with Crippen LogP contribution < -0.4 is 5.32 Å². The zero-order chi connectivity index (χ0) is 18.9. The summed E-state index contributed by atoms with van der Waals surface area (Å²) in [5.74, 6) is -0.0407. The fourth-order valence-electron chi connectivity index (χ4n) is 2.52. The molecule has 0 unspecified atom stereocenters. The number of thioether (sulfide) groups is 1. The molecular weight excluding hydrogens is 351 g/mol. The van der Waals surface area contributed by atoms with Gasteiger partial charge in [-0.3, -0.25) is 9.59 Å². The van der Waals surface area contributed by atoms with Gasteiger partial charge < -0.3 is 10.2 Å². The topological polar surface area (TPSA) is 49.4 Å². The maximum absolute atomic E-state index is 13.7. The molecule has 0 saturated heterocycles. The second-order valence-electron chi connectivity index (χ2n) is 5.88. The van der Waals surface area contributed by atoms with E-state index >= 15 is 0 Å². The number of hydrogen-bond acceptors (Lipinski definition) is 3. The molecule has 26 heavy (non-hydrogen) atoms. The molecule has 0 aliphatic rings. The summed E-state index contributed by atoms with van der Waals surface area (Å²) in [4.78, 5) is 26.3. The summed E-state index contributed by atoms with van der Waals surface area (Å²) in [6, 6.07) is 15.5. The quantitative estimate of drug-likeness (QED) is 0.772. The second-order valence-corrected chi connectivity index (χ2v) is 6.87. The normalized spacial score (nSPS) is 11.7. The van der Waals surface area contributed by atoms with E-state index in [4.69, 9.17) is 0 Å². The molecule has 0 fully saturated rings. The maximum Gasteiger partial charge on any atom is 0.242 e. The van der Waals surface area contributed by atoms with E-state index in [0.29, 0.717) is 17.9 Å². The van der Waals surface area contributed by atoms with Crippen molar-refractivity contribution in [2.45, 2.75) is 25.3 Å². The fourth-order valence-corrected chi connectivity index (χ4v) is 3.41. The van der Waals surface area contributed by atoms with Crippen LogP contribution in [0.5, 0.6) is 0 Å². The van der Waals surface area contributed by atoms with Gasteiger partial charge in [0.15, 0.2) is 0 Å². The molecule has 0 heterocycles. The van der Waals surface area contributed by atoms with Gasteiger partial charge in [0.1, 0.15) is 11.9 Å². The minimum absolute atomic E-state index is 0.147. The highest BCUT2D eigenvalue weighted by Gasteiger charge is 2.25. The summed E-state index contributed by atoms with van der Waals surface area (Å²) < 4.78 is 13.7. The van der Waals surface area contributed by atoms with Crippen LogP contribution in [0.2, 0.25) is 0 Å². The van der Waals surface area contributed by atoms with E-state index in [1.54, 1.807) is 37.1 Å². The van der Waals surface area contributed by atoms with Crippen LogP contribution in [0.15, 0.2) is 54.6 Å². The number of amides is 2. The van der Waals surface area contributed by atoms with Crippen LogP contribution in [0.3, 0.4) is 0 Å². The van der Waals surface area contributed by atoms with E-state index in [1.165, 1.54) is 17.8 Å². The van der Waals surface area contributed by atoms with Crippen molar-refractivity contribution in [3.05, 3.63) is 71.5 Å². The minimum atomic E-state index is -0.582. The first kappa shape index (κ1) is 20.0. The molecule has 0 aliphatic heterocycles. The van der Waals surface area contributed by atoms with Crippen molar-refractivity contribution in [2.75, 3.05) is 12.8 Å². The van der Waals surface area contributed by atoms with Crippen LogP contribution in [0.4, 0.5) is 4.39 Å². The first-order valence-electron chi connectivity index (χ1n) is 8.39. The Morgan fingerprint density at radius 3 is 2.42 bits per heavy atom. The summed E-state index contributed by atoms with van der Waals surface area (Å²) in [5, 5.41) is 2.59. The van der Waals surface area contributed by atoms with E-state index in [0.717, 1.165) is 5.56 Å². The lowest BCUT2D eigenvalue weighted by atomic mass is 10.1. The lowest BCUT2D eigenvalue weighted by molar-refractivity contribution is -0.138. The number of rotatable bonds is 8. The van der Waals surface area contributed by atoms with Crippen molar-refractivity contribution in [3.63, 3.8) is 0 Å². The fraction of sp³-hybridized carbons (Fsp3) is 0.300. The summed E-state index contributed by atoms with van der Waals surface area (Å²) in [7, 11) is 1.55. The average molecular weight is 374 g/mol. The summed E-state index contributed by atoms with van der Waals surface area (Å²) in [6.45, 7) is 2.07. The molecular formula is C20H23FN2O2S. The molecule has 2 rings (SSSR count). The molecule has 2 amide bonds. The van der Waals surface area contributed by atoms with E-state index in [1.807, 2.05) is 30.3 Å². The van der Waals surface area contributed by atoms with Gasteiger partial charge in [-0.15, -0.1) is 11.8 Å². The van der Waals surface area contributed by atoms with Gasteiger partial charge in [-0.2, -0.15) is 0 Å². The molecule has 1 atom stereocenters. The van der Waals surface area contributed by atoms with E-state index in [-0.39, 0.29) is 23.4 Å². The zero-order valence-electron chi connectivity index (χ0n) is 14.9. The zero-order valence-corrected chi connectivity index (χ0v) is 15.8. The summed E-state index contributed by atoms with van der Waals surface area (Å²) >= 11 is 1.34. The molecule has 6 heteroatoms. The van der Waals surface area contributed by atoms with Crippen LogP contribution in [0.1, 0.15) is 18.1 Å². The van der Waals surface area contributed by atoms with Gasteiger partial charge in [0.05, 0.1) is 5.75 Å². The number of benzene rings is 2.